The van der Waals surface area contributed by atoms with Crippen LogP contribution in [0.25, 0.3) is 22.3 Å². The average molecular weight is 436 g/mol. The van der Waals surface area contributed by atoms with Gasteiger partial charge in [0.2, 0.25) is 0 Å². The molecule has 3 aromatic carbocycles. The van der Waals surface area contributed by atoms with Crippen LogP contribution in [0.1, 0.15) is 29.8 Å². The van der Waals surface area contributed by atoms with Gasteiger partial charge in [0.25, 0.3) is 0 Å². The zero-order valence-electron chi connectivity index (χ0n) is 17.7. The molecule has 0 aliphatic rings. The maximum absolute atomic E-state index is 13.1. The van der Waals surface area contributed by atoms with Gasteiger partial charge in [0, 0.05) is 16.5 Å². The van der Waals surface area contributed by atoms with Crippen molar-refractivity contribution in [2.24, 2.45) is 0 Å². The first kappa shape index (κ1) is 21.4. The van der Waals surface area contributed by atoms with Crippen LogP contribution in [0.5, 0.6) is 17.2 Å². The zero-order valence-corrected chi connectivity index (χ0v) is 17.7. The van der Waals surface area contributed by atoms with E-state index in [0.29, 0.717) is 39.3 Å². The lowest BCUT2D eigenvalue weighted by Gasteiger charge is -2.20. The number of halogens is 1. The molecule has 0 saturated heterocycles. The van der Waals surface area contributed by atoms with Gasteiger partial charge in [-0.25, -0.2) is 9.18 Å². The molecule has 0 fully saturated rings. The molecule has 0 saturated carbocycles. The third kappa shape index (κ3) is 4.02. The van der Waals surface area contributed by atoms with Crippen LogP contribution in [-0.2, 0) is 5.60 Å². The molecule has 4 rings (SSSR count). The van der Waals surface area contributed by atoms with E-state index in [1.165, 1.54) is 31.4 Å². The summed E-state index contributed by atoms with van der Waals surface area (Å²) in [5.74, 6) is 0.00460. The summed E-state index contributed by atoms with van der Waals surface area (Å²) < 4.78 is 30.0. The number of fused-ring (bicyclic) bond motifs is 1. The van der Waals surface area contributed by atoms with E-state index in [-0.39, 0.29) is 17.1 Å². The normalized spacial score (nSPS) is 11.5. The Hall–Kier alpha value is -3.84. The van der Waals surface area contributed by atoms with E-state index >= 15 is 0 Å². The van der Waals surface area contributed by atoms with Crippen molar-refractivity contribution in [3.63, 3.8) is 0 Å². The van der Waals surface area contributed by atoms with Gasteiger partial charge in [0.05, 0.1) is 12.7 Å². The van der Waals surface area contributed by atoms with Crippen LogP contribution in [0.2, 0.25) is 0 Å². The highest BCUT2D eigenvalue weighted by atomic mass is 19.1. The number of aliphatic hydroxyl groups is 1. The summed E-state index contributed by atoms with van der Waals surface area (Å²) in [6.45, 7) is 3.22. The Labute approximate surface area is 183 Å². The van der Waals surface area contributed by atoms with Gasteiger partial charge in [-0.05, 0) is 74.5 Å². The third-order valence-corrected chi connectivity index (χ3v) is 5.05. The molecule has 32 heavy (non-hydrogen) atoms. The number of carboxylic acid groups (broad SMARTS) is 1. The van der Waals surface area contributed by atoms with Gasteiger partial charge in [-0.15, -0.1) is 0 Å². The molecule has 0 unspecified atom stereocenters. The Kier molecular flexibility index (Phi) is 5.36. The van der Waals surface area contributed by atoms with Crippen molar-refractivity contribution in [2.75, 3.05) is 7.11 Å². The van der Waals surface area contributed by atoms with Crippen molar-refractivity contribution in [1.29, 1.82) is 0 Å². The minimum absolute atomic E-state index is 0.00667. The standard InChI is InChI=1S/C25H21FO6/c1-25(2,29)19-13-20-18(12-21(19)30-3)22(24(27)28)23(32-20)14-4-8-16(9-5-14)31-17-10-6-15(26)7-11-17/h4-13,29H,1-3H3,(H,27,28). The van der Waals surface area contributed by atoms with Gasteiger partial charge in [-0.2, -0.15) is 0 Å². The molecule has 0 spiro atoms. The van der Waals surface area contributed by atoms with Gasteiger partial charge < -0.3 is 24.1 Å². The number of rotatable bonds is 6. The Morgan fingerprint density at radius 3 is 2.12 bits per heavy atom. The van der Waals surface area contributed by atoms with Gasteiger partial charge in [0.1, 0.15) is 40.0 Å². The fourth-order valence-corrected chi connectivity index (χ4v) is 3.50. The number of hydrogen-bond donors (Lipinski definition) is 2. The lowest BCUT2D eigenvalue weighted by molar-refractivity contribution is 0.0698. The van der Waals surface area contributed by atoms with Gasteiger partial charge >= 0.3 is 5.97 Å². The highest BCUT2D eigenvalue weighted by Crippen LogP contribution is 2.40. The van der Waals surface area contributed by atoms with Crippen molar-refractivity contribution in [2.45, 2.75) is 19.4 Å². The minimum Gasteiger partial charge on any atom is -0.496 e. The summed E-state index contributed by atoms with van der Waals surface area (Å²) in [4.78, 5) is 12.1. The molecule has 0 amide bonds. The van der Waals surface area contributed by atoms with Crippen LogP contribution in [0.3, 0.4) is 0 Å². The molecule has 1 aromatic heterocycles. The topological polar surface area (TPSA) is 89.1 Å². The predicted molar refractivity (Wildman–Crippen MR) is 117 cm³/mol. The average Bonchev–Trinajstić information content (AvgIpc) is 3.13. The minimum atomic E-state index is -1.21. The zero-order chi connectivity index (χ0) is 23.0. The molecule has 0 atom stereocenters. The highest BCUT2D eigenvalue weighted by Gasteiger charge is 2.27. The summed E-state index contributed by atoms with van der Waals surface area (Å²) in [5, 5.41) is 20.7. The number of furan rings is 1. The molecule has 164 valence electrons. The summed E-state index contributed by atoms with van der Waals surface area (Å²) in [5.41, 5.74) is 0.117. The SMILES string of the molecule is COc1cc2c(C(=O)O)c(-c3ccc(Oc4ccc(F)cc4)cc3)oc2cc1C(C)(C)O. The van der Waals surface area contributed by atoms with E-state index in [4.69, 9.17) is 13.9 Å². The van der Waals surface area contributed by atoms with Crippen LogP contribution < -0.4 is 9.47 Å². The lowest BCUT2D eigenvalue weighted by Crippen LogP contribution is -2.16. The van der Waals surface area contributed by atoms with Crippen molar-refractivity contribution >= 4 is 16.9 Å². The number of carbonyl (C=O) groups is 1. The number of carboxylic acids is 1. The Morgan fingerprint density at radius 2 is 1.59 bits per heavy atom. The van der Waals surface area contributed by atoms with Gasteiger partial charge in [-0.1, -0.05) is 0 Å². The number of hydrogen-bond acceptors (Lipinski definition) is 5. The van der Waals surface area contributed by atoms with Gasteiger partial charge in [-0.3, -0.25) is 0 Å². The number of ether oxygens (including phenoxy) is 2. The fraction of sp³-hybridized carbons (Fsp3) is 0.160. The molecule has 6 nitrogen and oxygen atoms in total. The Morgan fingerprint density at radius 1 is 1.00 bits per heavy atom. The van der Waals surface area contributed by atoms with Gasteiger partial charge in [0.15, 0.2) is 0 Å². The van der Waals surface area contributed by atoms with E-state index < -0.39 is 11.6 Å². The Bertz CT molecular complexity index is 1280. The molecule has 0 aliphatic carbocycles. The molecule has 0 bridgehead atoms. The summed E-state index contributed by atoms with van der Waals surface area (Å²) in [7, 11) is 1.46. The largest absolute Gasteiger partial charge is 0.496 e. The summed E-state index contributed by atoms with van der Waals surface area (Å²) >= 11 is 0. The van der Waals surface area contributed by atoms with Crippen molar-refractivity contribution in [3.05, 3.63) is 77.6 Å². The van der Waals surface area contributed by atoms with Crippen LogP contribution in [0, 0.1) is 5.82 Å². The van der Waals surface area contributed by atoms with Crippen molar-refractivity contribution in [3.8, 4) is 28.6 Å². The monoisotopic (exact) mass is 436 g/mol. The second kappa shape index (κ2) is 8.01. The highest BCUT2D eigenvalue weighted by molar-refractivity contribution is 6.08. The predicted octanol–water partition coefficient (Wildman–Crippen LogP) is 5.97. The second-order valence-electron chi connectivity index (χ2n) is 7.80. The first-order valence-electron chi connectivity index (χ1n) is 9.82. The molecule has 4 aromatic rings. The number of methoxy groups -OCH3 is 1. The van der Waals surface area contributed by atoms with Crippen molar-refractivity contribution < 1.29 is 33.3 Å². The molecule has 0 aliphatic heterocycles. The molecular formula is C25H21FO6. The van der Waals surface area contributed by atoms with E-state index in [9.17, 15) is 19.4 Å². The number of aromatic carboxylic acids is 1. The van der Waals surface area contributed by atoms with E-state index in [0.717, 1.165) is 0 Å². The summed E-state index contributed by atoms with van der Waals surface area (Å²) in [6.07, 6.45) is 0. The lowest BCUT2D eigenvalue weighted by atomic mass is 9.95. The molecule has 1 heterocycles. The molecule has 2 N–H and O–H groups in total. The smallest absolute Gasteiger partial charge is 0.340 e. The third-order valence-electron chi connectivity index (χ3n) is 5.05. The second-order valence-corrected chi connectivity index (χ2v) is 7.80. The van der Waals surface area contributed by atoms with E-state index in [2.05, 4.69) is 0 Å². The van der Waals surface area contributed by atoms with Crippen LogP contribution >= 0.6 is 0 Å². The number of benzene rings is 3. The fourth-order valence-electron chi connectivity index (χ4n) is 3.50. The maximum atomic E-state index is 13.1. The van der Waals surface area contributed by atoms with Crippen LogP contribution in [0.4, 0.5) is 4.39 Å². The van der Waals surface area contributed by atoms with Crippen LogP contribution in [-0.4, -0.2) is 23.3 Å². The Balaban J connectivity index is 1.77. The van der Waals surface area contributed by atoms with Crippen molar-refractivity contribution in [1.82, 2.24) is 0 Å². The first-order valence-corrected chi connectivity index (χ1v) is 9.82. The maximum Gasteiger partial charge on any atom is 0.340 e. The quantitative estimate of drug-likeness (QED) is 0.387. The summed E-state index contributed by atoms with van der Waals surface area (Å²) in [6, 6.07) is 15.5. The van der Waals surface area contributed by atoms with Crippen LogP contribution in [0.15, 0.2) is 65.1 Å². The molecule has 7 heteroatoms. The van der Waals surface area contributed by atoms with E-state index in [1.54, 1.807) is 50.2 Å². The molecule has 0 radical (unpaired) electrons. The molecular weight excluding hydrogens is 415 g/mol. The first-order chi connectivity index (χ1) is 15.2. The van der Waals surface area contributed by atoms with E-state index in [1.807, 2.05) is 0 Å².